The Labute approximate surface area is 94.0 Å². The molecule has 0 radical (unpaired) electrons. The molecular formula is C15H22. The van der Waals surface area contributed by atoms with E-state index in [9.17, 15) is 0 Å². The summed E-state index contributed by atoms with van der Waals surface area (Å²) >= 11 is 0. The molecule has 0 atom stereocenters. The molecule has 0 bridgehead atoms. The topological polar surface area (TPSA) is 0 Å². The van der Waals surface area contributed by atoms with E-state index in [2.05, 4.69) is 52.8 Å². The van der Waals surface area contributed by atoms with Crippen LogP contribution >= 0.6 is 0 Å². The maximum Gasteiger partial charge on any atom is -0.0239 e. The molecule has 82 valence electrons. The molecule has 0 unspecified atom stereocenters. The highest BCUT2D eigenvalue weighted by Crippen LogP contribution is 2.22. The summed E-state index contributed by atoms with van der Waals surface area (Å²) in [5.41, 5.74) is 7.35. The Morgan fingerprint density at radius 2 is 1.53 bits per heavy atom. The predicted octanol–water partition coefficient (Wildman–Crippen LogP) is 4.43. The van der Waals surface area contributed by atoms with Crippen molar-refractivity contribution in [3.8, 4) is 0 Å². The van der Waals surface area contributed by atoms with E-state index in [-0.39, 0.29) is 0 Å². The van der Waals surface area contributed by atoms with Crippen molar-refractivity contribution in [2.45, 2.75) is 47.5 Å². The van der Waals surface area contributed by atoms with Gasteiger partial charge in [0, 0.05) is 0 Å². The fourth-order valence-electron chi connectivity index (χ4n) is 2.07. The van der Waals surface area contributed by atoms with Gasteiger partial charge in [-0.2, -0.15) is 0 Å². The van der Waals surface area contributed by atoms with E-state index in [0.717, 1.165) is 6.42 Å². The summed E-state index contributed by atoms with van der Waals surface area (Å²) < 4.78 is 0. The van der Waals surface area contributed by atoms with Gasteiger partial charge < -0.3 is 0 Å². The van der Waals surface area contributed by atoms with E-state index < -0.39 is 0 Å². The molecule has 0 aliphatic carbocycles. The first-order valence-electron chi connectivity index (χ1n) is 5.75. The SMILES string of the molecule is C/C=C\CCc1c(C)c(C)cc(C)c1C. The van der Waals surface area contributed by atoms with Gasteiger partial charge in [-0.15, -0.1) is 0 Å². The van der Waals surface area contributed by atoms with Crippen LogP contribution in [0.3, 0.4) is 0 Å². The summed E-state index contributed by atoms with van der Waals surface area (Å²) in [6.07, 6.45) is 6.70. The van der Waals surface area contributed by atoms with Crippen LogP contribution in [-0.4, -0.2) is 0 Å². The van der Waals surface area contributed by atoms with Gasteiger partial charge in [-0.1, -0.05) is 18.2 Å². The standard InChI is InChI=1S/C15H22/c1-6-7-8-9-15-13(4)11(2)10-12(3)14(15)5/h6-7,10H,8-9H2,1-5H3/b7-6-. The molecule has 1 rings (SSSR count). The first-order valence-corrected chi connectivity index (χ1v) is 5.75. The summed E-state index contributed by atoms with van der Waals surface area (Å²) in [5.74, 6) is 0. The summed E-state index contributed by atoms with van der Waals surface area (Å²) in [4.78, 5) is 0. The molecule has 0 aliphatic rings. The number of benzene rings is 1. The monoisotopic (exact) mass is 202 g/mol. The largest absolute Gasteiger partial charge is 0.0917 e. The van der Waals surface area contributed by atoms with Gasteiger partial charge in [0.25, 0.3) is 0 Å². The lowest BCUT2D eigenvalue weighted by atomic mass is 9.91. The molecule has 0 nitrogen and oxygen atoms in total. The Balaban J connectivity index is 3.04. The van der Waals surface area contributed by atoms with Gasteiger partial charge in [0.05, 0.1) is 0 Å². The van der Waals surface area contributed by atoms with Crippen molar-refractivity contribution in [2.24, 2.45) is 0 Å². The van der Waals surface area contributed by atoms with Crippen LogP contribution in [0.1, 0.15) is 41.2 Å². The third-order valence-electron chi connectivity index (χ3n) is 3.32. The minimum absolute atomic E-state index is 1.15. The fourth-order valence-corrected chi connectivity index (χ4v) is 2.07. The Hall–Kier alpha value is -1.04. The van der Waals surface area contributed by atoms with E-state index in [1.807, 2.05) is 0 Å². The Morgan fingerprint density at radius 1 is 1.00 bits per heavy atom. The van der Waals surface area contributed by atoms with Crippen molar-refractivity contribution >= 4 is 0 Å². The molecule has 0 heterocycles. The normalized spacial score (nSPS) is 11.3. The van der Waals surface area contributed by atoms with Crippen molar-refractivity contribution in [3.05, 3.63) is 46.0 Å². The average molecular weight is 202 g/mol. The number of hydrogen-bond acceptors (Lipinski definition) is 0. The zero-order chi connectivity index (χ0) is 11.4. The highest BCUT2D eigenvalue weighted by Gasteiger charge is 2.06. The lowest BCUT2D eigenvalue weighted by Crippen LogP contribution is -1.98. The molecule has 0 aromatic heterocycles. The molecule has 15 heavy (non-hydrogen) atoms. The van der Waals surface area contributed by atoms with Crippen molar-refractivity contribution in [1.82, 2.24) is 0 Å². The first kappa shape index (κ1) is 12.0. The van der Waals surface area contributed by atoms with Gasteiger partial charge in [0.2, 0.25) is 0 Å². The second-order valence-electron chi connectivity index (χ2n) is 4.35. The number of hydrogen-bond donors (Lipinski definition) is 0. The van der Waals surface area contributed by atoms with Crippen LogP contribution in [0.4, 0.5) is 0 Å². The molecule has 0 aliphatic heterocycles. The molecule has 0 fully saturated rings. The Morgan fingerprint density at radius 3 is 2.00 bits per heavy atom. The Kier molecular flexibility index (Phi) is 4.14. The summed E-state index contributed by atoms with van der Waals surface area (Å²) in [5, 5.41) is 0. The molecule has 0 amide bonds. The zero-order valence-corrected chi connectivity index (χ0v) is 10.6. The van der Waals surface area contributed by atoms with Gasteiger partial charge in [0.15, 0.2) is 0 Å². The minimum atomic E-state index is 1.15. The zero-order valence-electron chi connectivity index (χ0n) is 10.6. The van der Waals surface area contributed by atoms with E-state index >= 15 is 0 Å². The van der Waals surface area contributed by atoms with Gasteiger partial charge in [-0.3, -0.25) is 0 Å². The minimum Gasteiger partial charge on any atom is -0.0917 e. The highest BCUT2D eigenvalue weighted by atomic mass is 14.1. The summed E-state index contributed by atoms with van der Waals surface area (Å²) in [6, 6.07) is 2.30. The van der Waals surface area contributed by atoms with Crippen LogP contribution in [0.25, 0.3) is 0 Å². The first-order chi connectivity index (χ1) is 7.07. The molecular weight excluding hydrogens is 180 g/mol. The second kappa shape index (κ2) is 5.16. The van der Waals surface area contributed by atoms with Gasteiger partial charge >= 0.3 is 0 Å². The number of allylic oxidation sites excluding steroid dienone is 2. The van der Waals surface area contributed by atoms with Gasteiger partial charge in [-0.25, -0.2) is 0 Å². The van der Waals surface area contributed by atoms with E-state index in [4.69, 9.17) is 0 Å². The van der Waals surface area contributed by atoms with Crippen LogP contribution in [0.2, 0.25) is 0 Å². The van der Waals surface area contributed by atoms with Gasteiger partial charge in [-0.05, 0) is 75.3 Å². The third kappa shape index (κ3) is 2.71. The van der Waals surface area contributed by atoms with Gasteiger partial charge in [0.1, 0.15) is 0 Å². The fraction of sp³-hybridized carbons (Fsp3) is 0.467. The lowest BCUT2D eigenvalue weighted by molar-refractivity contribution is 0.959. The van der Waals surface area contributed by atoms with Crippen LogP contribution in [0.5, 0.6) is 0 Å². The predicted molar refractivity (Wildman–Crippen MR) is 68.5 cm³/mol. The van der Waals surface area contributed by atoms with Crippen molar-refractivity contribution in [2.75, 3.05) is 0 Å². The maximum absolute atomic E-state index is 2.30. The van der Waals surface area contributed by atoms with Crippen molar-refractivity contribution in [1.29, 1.82) is 0 Å². The van der Waals surface area contributed by atoms with E-state index in [0.29, 0.717) is 0 Å². The van der Waals surface area contributed by atoms with E-state index in [1.54, 1.807) is 5.56 Å². The number of rotatable bonds is 3. The molecule has 0 saturated heterocycles. The Bertz CT molecular complexity index is 344. The highest BCUT2D eigenvalue weighted by molar-refractivity contribution is 5.44. The van der Waals surface area contributed by atoms with Crippen LogP contribution < -0.4 is 0 Å². The third-order valence-corrected chi connectivity index (χ3v) is 3.32. The molecule has 0 heteroatoms. The average Bonchev–Trinajstić information content (AvgIpc) is 2.20. The summed E-state index contributed by atoms with van der Waals surface area (Å²) in [7, 11) is 0. The van der Waals surface area contributed by atoms with Crippen molar-refractivity contribution < 1.29 is 0 Å². The summed E-state index contributed by atoms with van der Waals surface area (Å²) in [6.45, 7) is 11.0. The van der Waals surface area contributed by atoms with Crippen LogP contribution in [0, 0.1) is 27.7 Å². The maximum atomic E-state index is 2.30. The molecule has 1 aromatic carbocycles. The lowest BCUT2D eigenvalue weighted by Gasteiger charge is -2.14. The number of aryl methyl sites for hydroxylation is 2. The smallest absolute Gasteiger partial charge is 0.0239 e. The molecule has 0 spiro atoms. The quantitative estimate of drug-likeness (QED) is 0.636. The molecule has 0 saturated carbocycles. The second-order valence-corrected chi connectivity index (χ2v) is 4.35. The van der Waals surface area contributed by atoms with Crippen LogP contribution in [-0.2, 0) is 6.42 Å². The van der Waals surface area contributed by atoms with Crippen molar-refractivity contribution in [3.63, 3.8) is 0 Å². The molecule has 0 N–H and O–H groups in total. The van der Waals surface area contributed by atoms with Crippen LogP contribution in [0.15, 0.2) is 18.2 Å². The molecule has 1 aromatic rings. The van der Waals surface area contributed by atoms with E-state index in [1.165, 1.54) is 28.7 Å².